The van der Waals surface area contributed by atoms with Gasteiger partial charge in [0.15, 0.2) is 0 Å². The summed E-state index contributed by atoms with van der Waals surface area (Å²) in [5, 5.41) is 4.13. The van der Waals surface area contributed by atoms with Crippen LogP contribution in [0.15, 0.2) is 42.5 Å². The average molecular weight is 274 g/mol. The van der Waals surface area contributed by atoms with E-state index in [-0.39, 0.29) is 0 Å². The lowest BCUT2D eigenvalue weighted by atomic mass is 10.0. The number of hydrogen-bond donors (Lipinski definition) is 1. The second-order valence-electron chi connectivity index (χ2n) is 4.64. The molecule has 0 aliphatic rings. The quantitative estimate of drug-likeness (QED) is 0.834. The summed E-state index contributed by atoms with van der Waals surface area (Å²) in [5.41, 5.74) is 4.90. The molecule has 0 saturated carbocycles. The highest BCUT2D eigenvalue weighted by Gasteiger charge is 2.03. The van der Waals surface area contributed by atoms with E-state index in [2.05, 4.69) is 61.6 Å². The Balaban J connectivity index is 2.22. The molecule has 2 aromatic carbocycles. The predicted molar refractivity (Wildman–Crippen MR) is 83.6 cm³/mol. The van der Waals surface area contributed by atoms with Crippen LogP contribution in [0.4, 0.5) is 0 Å². The zero-order chi connectivity index (χ0) is 13.7. The van der Waals surface area contributed by atoms with Crippen LogP contribution in [0.5, 0.6) is 0 Å². The fraction of sp³-hybridized carbons (Fsp3) is 0.294. The monoisotopic (exact) mass is 273 g/mol. The first-order valence-corrected chi connectivity index (χ1v) is 7.20. The lowest BCUT2D eigenvalue weighted by molar-refractivity contribution is 0.727. The molecule has 0 radical (unpaired) electrons. The van der Waals surface area contributed by atoms with Crippen LogP contribution in [0.2, 0.25) is 5.02 Å². The van der Waals surface area contributed by atoms with Gasteiger partial charge in [-0.3, -0.25) is 0 Å². The molecule has 100 valence electrons. The number of halogens is 1. The fourth-order valence-corrected chi connectivity index (χ4v) is 2.31. The van der Waals surface area contributed by atoms with Crippen LogP contribution in [-0.2, 0) is 13.0 Å². The smallest absolute Gasteiger partial charge is 0.0457 e. The summed E-state index contributed by atoms with van der Waals surface area (Å²) in [6.07, 6.45) is 1.07. The summed E-state index contributed by atoms with van der Waals surface area (Å²) >= 11 is 6.33. The molecule has 0 aromatic heterocycles. The van der Waals surface area contributed by atoms with Gasteiger partial charge in [0, 0.05) is 11.6 Å². The summed E-state index contributed by atoms with van der Waals surface area (Å²) in [7, 11) is 0. The fourth-order valence-electron chi connectivity index (χ4n) is 2.06. The van der Waals surface area contributed by atoms with Crippen LogP contribution in [0.1, 0.15) is 25.0 Å². The van der Waals surface area contributed by atoms with Crippen molar-refractivity contribution in [2.24, 2.45) is 0 Å². The Morgan fingerprint density at radius 2 is 1.63 bits per heavy atom. The van der Waals surface area contributed by atoms with Gasteiger partial charge in [0.25, 0.3) is 0 Å². The minimum Gasteiger partial charge on any atom is -0.313 e. The van der Waals surface area contributed by atoms with Crippen LogP contribution in [0.3, 0.4) is 0 Å². The van der Waals surface area contributed by atoms with Gasteiger partial charge in [-0.25, -0.2) is 0 Å². The van der Waals surface area contributed by atoms with Crippen molar-refractivity contribution in [3.05, 3.63) is 58.6 Å². The summed E-state index contributed by atoms with van der Waals surface area (Å²) in [6, 6.07) is 15.0. The molecular formula is C17H20ClN. The van der Waals surface area contributed by atoms with Gasteiger partial charge >= 0.3 is 0 Å². The molecule has 2 heteroatoms. The normalized spacial score (nSPS) is 10.7. The third-order valence-corrected chi connectivity index (χ3v) is 3.67. The van der Waals surface area contributed by atoms with Crippen molar-refractivity contribution in [1.82, 2.24) is 5.32 Å². The number of benzene rings is 2. The van der Waals surface area contributed by atoms with Gasteiger partial charge in [-0.15, -0.1) is 0 Å². The van der Waals surface area contributed by atoms with Crippen molar-refractivity contribution in [3.63, 3.8) is 0 Å². The second kappa shape index (κ2) is 6.74. The molecule has 0 atom stereocenters. The maximum atomic E-state index is 6.33. The van der Waals surface area contributed by atoms with E-state index in [1.165, 1.54) is 16.7 Å². The maximum absolute atomic E-state index is 6.33. The van der Waals surface area contributed by atoms with E-state index in [4.69, 9.17) is 11.6 Å². The Hall–Kier alpha value is -1.31. The Bertz CT molecular complexity index is 531. The molecule has 0 unspecified atom stereocenters. The zero-order valence-corrected chi connectivity index (χ0v) is 12.3. The van der Waals surface area contributed by atoms with Crippen molar-refractivity contribution in [3.8, 4) is 11.1 Å². The first-order valence-electron chi connectivity index (χ1n) is 6.83. The highest BCUT2D eigenvalue weighted by atomic mass is 35.5. The Morgan fingerprint density at radius 3 is 2.21 bits per heavy atom. The molecule has 2 aromatic rings. The Labute approximate surface area is 120 Å². The molecule has 1 nitrogen and oxygen atoms in total. The van der Waals surface area contributed by atoms with Gasteiger partial charge < -0.3 is 5.32 Å². The van der Waals surface area contributed by atoms with Crippen LogP contribution >= 0.6 is 11.6 Å². The number of rotatable bonds is 5. The number of aryl methyl sites for hydroxylation is 1. The van der Waals surface area contributed by atoms with E-state index >= 15 is 0 Å². The van der Waals surface area contributed by atoms with Crippen molar-refractivity contribution in [2.75, 3.05) is 6.54 Å². The summed E-state index contributed by atoms with van der Waals surface area (Å²) < 4.78 is 0. The van der Waals surface area contributed by atoms with Gasteiger partial charge in [-0.2, -0.15) is 0 Å². The van der Waals surface area contributed by atoms with Gasteiger partial charge in [0.1, 0.15) is 0 Å². The molecule has 0 saturated heterocycles. The molecular weight excluding hydrogens is 254 g/mol. The molecule has 1 N–H and O–H groups in total. The third kappa shape index (κ3) is 3.59. The topological polar surface area (TPSA) is 12.0 Å². The van der Waals surface area contributed by atoms with Crippen LogP contribution in [0.25, 0.3) is 11.1 Å². The first kappa shape index (κ1) is 14.1. The van der Waals surface area contributed by atoms with Crippen LogP contribution < -0.4 is 5.32 Å². The summed E-state index contributed by atoms with van der Waals surface area (Å²) in [4.78, 5) is 0. The minimum atomic E-state index is 0.824. The van der Waals surface area contributed by atoms with Gasteiger partial charge in [-0.05, 0) is 41.3 Å². The summed E-state index contributed by atoms with van der Waals surface area (Å²) in [6.45, 7) is 6.04. The number of nitrogens with one attached hydrogen (secondary N) is 1. The maximum Gasteiger partial charge on any atom is 0.0457 e. The molecule has 0 aliphatic heterocycles. The largest absolute Gasteiger partial charge is 0.313 e. The van der Waals surface area contributed by atoms with Crippen molar-refractivity contribution in [1.29, 1.82) is 0 Å². The minimum absolute atomic E-state index is 0.824. The third-order valence-electron chi connectivity index (χ3n) is 3.31. The van der Waals surface area contributed by atoms with E-state index < -0.39 is 0 Å². The molecule has 0 spiro atoms. The SMILES string of the molecule is CCNCc1ccc(-c2ccc(CC)cc2)cc1Cl. The first-order chi connectivity index (χ1) is 9.24. The average Bonchev–Trinajstić information content (AvgIpc) is 2.46. The van der Waals surface area contributed by atoms with E-state index in [1.54, 1.807) is 0 Å². The Morgan fingerprint density at radius 1 is 0.947 bits per heavy atom. The highest BCUT2D eigenvalue weighted by Crippen LogP contribution is 2.26. The van der Waals surface area contributed by atoms with Crippen molar-refractivity contribution in [2.45, 2.75) is 26.8 Å². The van der Waals surface area contributed by atoms with Crippen molar-refractivity contribution < 1.29 is 0 Å². The molecule has 0 aliphatic carbocycles. The standard InChI is InChI=1S/C17H20ClN/c1-3-13-5-7-14(8-6-13)15-9-10-16(12-19-4-2)17(18)11-15/h5-11,19H,3-4,12H2,1-2H3. The van der Waals surface area contributed by atoms with E-state index in [0.717, 1.165) is 30.1 Å². The van der Waals surface area contributed by atoms with E-state index in [9.17, 15) is 0 Å². The van der Waals surface area contributed by atoms with Gasteiger partial charge in [0.2, 0.25) is 0 Å². The molecule has 2 rings (SSSR count). The Kier molecular flexibility index (Phi) is 5.00. The lowest BCUT2D eigenvalue weighted by Crippen LogP contribution is -2.11. The van der Waals surface area contributed by atoms with Gasteiger partial charge in [-0.1, -0.05) is 61.8 Å². The van der Waals surface area contributed by atoms with E-state index in [0.29, 0.717) is 0 Å². The van der Waals surface area contributed by atoms with Gasteiger partial charge in [0.05, 0.1) is 0 Å². The number of hydrogen-bond acceptors (Lipinski definition) is 1. The predicted octanol–water partition coefficient (Wildman–Crippen LogP) is 4.68. The molecule has 0 fully saturated rings. The molecule has 0 bridgehead atoms. The van der Waals surface area contributed by atoms with E-state index in [1.807, 2.05) is 0 Å². The summed E-state index contributed by atoms with van der Waals surface area (Å²) in [5.74, 6) is 0. The van der Waals surface area contributed by atoms with Crippen LogP contribution in [0, 0.1) is 0 Å². The highest BCUT2D eigenvalue weighted by molar-refractivity contribution is 6.31. The van der Waals surface area contributed by atoms with Crippen LogP contribution in [-0.4, -0.2) is 6.54 Å². The zero-order valence-electron chi connectivity index (χ0n) is 11.5. The molecule has 0 amide bonds. The molecule has 0 heterocycles. The second-order valence-corrected chi connectivity index (χ2v) is 5.04. The van der Waals surface area contributed by atoms with Crippen molar-refractivity contribution >= 4 is 11.6 Å². The lowest BCUT2D eigenvalue weighted by Gasteiger charge is -2.08. The molecule has 19 heavy (non-hydrogen) atoms.